The smallest absolute Gasteiger partial charge is 0.309 e. The minimum absolute atomic E-state index is 0.410. The summed E-state index contributed by atoms with van der Waals surface area (Å²) >= 11 is 0. The molecule has 13 aromatic carbocycles. The van der Waals surface area contributed by atoms with Crippen molar-refractivity contribution in [1.29, 1.82) is 0 Å². The van der Waals surface area contributed by atoms with Crippen molar-refractivity contribution in [3.8, 4) is 124 Å². The molecule has 490 valence electrons. The summed E-state index contributed by atoms with van der Waals surface area (Å²) in [4.78, 5) is 31.6. The number of rotatable bonds is 12. The van der Waals surface area contributed by atoms with Crippen molar-refractivity contribution >= 4 is 43.6 Å². The van der Waals surface area contributed by atoms with E-state index in [1.165, 1.54) is 24.3 Å². The van der Waals surface area contributed by atoms with Crippen LogP contribution in [-0.4, -0.2) is 39.0 Å². The molecule has 0 aliphatic carbocycles. The molecule has 0 amide bonds. The third-order valence-corrected chi connectivity index (χ3v) is 18.7. The lowest BCUT2D eigenvalue weighted by Crippen LogP contribution is -2.05. The maximum Gasteiger partial charge on any atom is 0.416 e. The summed E-state index contributed by atoms with van der Waals surface area (Å²) in [7, 11) is 0. The van der Waals surface area contributed by atoms with Crippen molar-refractivity contribution < 1.29 is 26.3 Å². The van der Waals surface area contributed by atoms with Gasteiger partial charge in [0.2, 0.25) is 0 Å². The van der Waals surface area contributed by atoms with E-state index in [9.17, 15) is 26.3 Å². The Labute approximate surface area is 581 Å². The van der Waals surface area contributed by atoms with E-state index < -0.39 is 23.5 Å². The zero-order chi connectivity index (χ0) is 69.4. The van der Waals surface area contributed by atoms with Crippen LogP contribution in [0.25, 0.3) is 168 Å². The Kier molecular flexibility index (Phi) is 15.4. The van der Waals surface area contributed by atoms with Gasteiger partial charge in [-0.3, -0.25) is 0 Å². The Morgan fingerprint density at radius 1 is 0.225 bits per heavy atom. The molecule has 0 radical (unpaired) electrons. The van der Waals surface area contributed by atoms with Crippen molar-refractivity contribution in [2.75, 3.05) is 0 Å². The van der Waals surface area contributed by atoms with Crippen molar-refractivity contribution in [2.24, 2.45) is 0 Å². The standard InChI is InChI=1S/C88H56F6N8/c1-53-42-63(47-65(44-53)87(89,90)91)59-34-40-79-73(49-59)71-30-15-17-32-77(71)101(79)67-36-38-69(75(51-67)85-97-81(55-20-7-3-8-21-55)95-82(98-85)56-22-9-4-10-23-56)61-28-19-29-62(46-61)70-39-37-68(52-76(70)86-99-83(57-24-11-5-12-25-57)96-84(100-86)58-26-13-6-14-27-58)102-78-33-18-16-31-72(78)74-50-60(35-41-80(74)102)64-43-54(2)45-66(48-64)88(92,93)94/h3-52H,1-2H3. The molecule has 17 aromatic rings. The number of alkyl halides is 6. The van der Waals surface area contributed by atoms with Gasteiger partial charge in [0, 0.05) is 66.3 Å². The summed E-state index contributed by atoms with van der Waals surface area (Å²) in [6.45, 7) is 3.36. The third kappa shape index (κ3) is 11.7. The summed E-state index contributed by atoms with van der Waals surface area (Å²) in [6, 6.07) is 96.2. The molecule has 0 atom stereocenters. The number of hydrogen-bond donors (Lipinski definition) is 0. The molecule has 0 aliphatic rings. The van der Waals surface area contributed by atoms with Crippen molar-refractivity contribution in [2.45, 2.75) is 26.2 Å². The minimum atomic E-state index is -4.52. The van der Waals surface area contributed by atoms with Gasteiger partial charge in [-0.2, -0.15) is 26.3 Å². The largest absolute Gasteiger partial charge is 0.416 e. The molecule has 0 saturated carbocycles. The van der Waals surface area contributed by atoms with Crippen LogP contribution in [0.1, 0.15) is 22.3 Å². The zero-order valence-corrected chi connectivity index (χ0v) is 54.7. The second-order valence-corrected chi connectivity index (χ2v) is 25.5. The molecule has 0 bridgehead atoms. The summed E-state index contributed by atoms with van der Waals surface area (Å²) < 4.78 is 90.2. The fourth-order valence-electron chi connectivity index (χ4n) is 14.0. The van der Waals surface area contributed by atoms with E-state index in [0.717, 1.165) is 99.5 Å². The molecular formula is C88H56F6N8. The van der Waals surface area contributed by atoms with E-state index in [2.05, 4.69) is 63.7 Å². The molecule has 0 N–H and O–H groups in total. The molecule has 102 heavy (non-hydrogen) atoms. The van der Waals surface area contributed by atoms with E-state index in [1.54, 1.807) is 26.0 Å². The van der Waals surface area contributed by atoms with E-state index in [-0.39, 0.29) is 0 Å². The SMILES string of the molecule is Cc1cc(-c2ccc3c(c2)c2ccccc2n3-c2ccc(-c3cccc(-c4ccc(-n5c6ccccc6c6cc(-c7cc(C)cc(C(F)(F)F)c7)ccc65)cc4-c4nc(-c5ccccc5)nc(-c5ccccc5)n4)c3)c(-c3nc(-c4ccccc4)nc(-c4ccccc4)n3)c2)cc(C(F)(F)F)c1. The summed E-state index contributed by atoms with van der Waals surface area (Å²) in [6.07, 6.45) is -9.04. The zero-order valence-electron chi connectivity index (χ0n) is 54.7. The second-order valence-electron chi connectivity index (χ2n) is 25.5. The first-order chi connectivity index (χ1) is 49.6. The average Bonchev–Trinajstić information content (AvgIpc) is 1.50. The topological polar surface area (TPSA) is 87.2 Å². The third-order valence-electron chi connectivity index (χ3n) is 18.7. The first-order valence-corrected chi connectivity index (χ1v) is 33.2. The van der Waals surface area contributed by atoms with Crippen LogP contribution in [0.4, 0.5) is 26.3 Å². The van der Waals surface area contributed by atoms with Gasteiger partial charge in [-0.15, -0.1) is 0 Å². The maximum atomic E-state index is 14.3. The fourth-order valence-corrected chi connectivity index (χ4v) is 14.0. The number of para-hydroxylation sites is 2. The highest BCUT2D eigenvalue weighted by atomic mass is 19.4. The van der Waals surface area contributed by atoms with Crippen LogP contribution in [-0.2, 0) is 12.4 Å². The van der Waals surface area contributed by atoms with Gasteiger partial charge in [0.1, 0.15) is 0 Å². The lowest BCUT2D eigenvalue weighted by Gasteiger charge is -2.18. The fraction of sp³-hybridized carbons (Fsp3) is 0.0455. The molecule has 0 fully saturated rings. The van der Waals surface area contributed by atoms with Gasteiger partial charge >= 0.3 is 12.4 Å². The predicted octanol–water partition coefficient (Wildman–Crippen LogP) is 23.6. The van der Waals surface area contributed by atoms with Crippen molar-refractivity contribution in [1.82, 2.24) is 39.0 Å². The van der Waals surface area contributed by atoms with E-state index in [4.69, 9.17) is 29.9 Å². The molecule has 17 rings (SSSR count). The Balaban J connectivity index is 0.880. The Morgan fingerprint density at radius 2 is 0.549 bits per heavy atom. The predicted molar refractivity (Wildman–Crippen MR) is 396 cm³/mol. The van der Waals surface area contributed by atoms with Gasteiger partial charge in [-0.05, 0) is 160 Å². The number of nitrogens with zero attached hydrogens (tertiary/aromatic N) is 8. The van der Waals surface area contributed by atoms with Gasteiger partial charge in [-0.25, -0.2) is 29.9 Å². The number of aromatic nitrogens is 8. The first-order valence-electron chi connectivity index (χ1n) is 33.2. The summed E-state index contributed by atoms with van der Waals surface area (Å²) in [5.74, 6) is 2.71. The molecule has 0 unspecified atom stereocenters. The molecular weight excluding hydrogens is 1280 g/mol. The highest BCUT2D eigenvalue weighted by Gasteiger charge is 2.33. The Hall–Kier alpha value is -12.9. The molecule has 0 spiro atoms. The van der Waals surface area contributed by atoms with Crippen LogP contribution in [0.5, 0.6) is 0 Å². The first kappa shape index (κ1) is 62.6. The number of fused-ring (bicyclic) bond motifs is 6. The molecule has 0 aliphatic heterocycles. The average molecular weight is 1340 g/mol. The van der Waals surface area contributed by atoms with Gasteiger partial charge < -0.3 is 9.13 Å². The lowest BCUT2D eigenvalue weighted by molar-refractivity contribution is -0.138. The van der Waals surface area contributed by atoms with Crippen LogP contribution < -0.4 is 0 Å². The number of benzene rings is 13. The van der Waals surface area contributed by atoms with Gasteiger partial charge in [-0.1, -0.05) is 212 Å². The minimum Gasteiger partial charge on any atom is -0.309 e. The molecule has 8 nitrogen and oxygen atoms in total. The summed E-state index contributed by atoms with van der Waals surface area (Å²) in [5.41, 5.74) is 14.7. The second kappa shape index (κ2) is 25.1. The van der Waals surface area contributed by atoms with Crippen molar-refractivity contribution in [3.63, 3.8) is 0 Å². The lowest BCUT2D eigenvalue weighted by atomic mass is 9.92. The van der Waals surface area contributed by atoms with Gasteiger partial charge in [0.15, 0.2) is 34.9 Å². The van der Waals surface area contributed by atoms with Crippen LogP contribution in [0.2, 0.25) is 0 Å². The van der Waals surface area contributed by atoms with Crippen LogP contribution >= 0.6 is 0 Å². The van der Waals surface area contributed by atoms with Crippen molar-refractivity contribution in [3.05, 3.63) is 326 Å². The highest BCUT2D eigenvalue weighted by Crippen LogP contribution is 2.45. The molecule has 4 aromatic heterocycles. The molecule has 4 heterocycles. The van der Waals surface area contributed by atoms with E-state index in [0.29, 0.717) is 79.5 Å². The highest BCUT2D eigenvalue weighted by molar-refractivity contribution is 6.12. The van der Waals surface area contributed by atoms with Crippen LogP contribution in [0, 0.1) is 13.8 Å². The monoisotopic (exact) mass is 1340 g/mol. The van der Waals surface area contributed by atoms with E-state index >= 15 is 0 Å². The normalized spacial score (nSPS) is 11.9. The van der Waals surface area contributed by atoms with Crippen LogP contribution in [0.15, 0.2) is 303 Å². The molecule has 14 heteroatoms. The van der Waals surface area contributed by atoms with E-state index in [1.807, 2.05) is 212 Å². The molecule has 0 saturated heterocycles. The maximum absolute atomic E-state index is 14.3. The number of halogens is 6. The quantitative estimate of drug-likeness (QED) is 0.113. The van der Waals surface area contributed by atoms with Crippen LogP contribution in [0.3, 0.4) is 0 Å². The van der Waals surface area contributed by atoms with Gasteiger partial charge in [0.25, 0.3) is 0 Å². The summed E-state index contributed by atoms with van der Waals surface area (Å²) in [5, 5.41) is 3.55. The number of hydrogen-bond acceptors (Lipinski definition) is 6. The Morgan fingerprint density at radius 3 is 0.912 bits per heavy atom. The number of aryl methyl sites for hydroxylation is 2. The Bertz CT molecular complexity index is 5640. The van der Waals surface area contributed by atoms with Gasteiger partial charge in [0.05, 0.1) is 33.2 Å².